The maximum Gasteiger partial charge on any atom is 0.333 e. The molecule has 0 heterocycles. The summed E-state index contributed by atoms with van der Waals surface area (Å²) < 4.78 is 19.6. The van der Waals surface area contributed by atoms with Gasteiger partial charge in [0.05, 0.1) is 17.8 Å². The second kappa shape index (κ2) is 13.5. The lowest BCUT2D eigenvalue weighted by Gasteiger charge is -2.38. The Morgan fingerprint density at radius 3 is 1.53 bits per heavy atom. The van der Waals surface area contributed by atoms with Crippen molar-refractivity contribution in [3.8, 4) is 0 Å². The predicted molar refractivity (Wildman–Crippen MR) is 113 cm³/mol. The van der Waals surface area contributed by atoms with Crippen molar-refractivity contribution in [2.75, 3.05) is 26.4 Å². The van der Waals surface area contributed by atoms with Crippen molar-refractivity contribution in [2.45, 2.75) is 33.0 Å². The number of ether oxygens (including phenoxy) is 4. The lowest BCUT2D eigenvalue weighted by atomic mass is 9.67. The summed E-state index contributed by atoms with van der Waals surface area (Å²) in [6.45, 7) is 8.43. The van der Waals surface area contributed by atoms with Crippen molar-refractivity contribution < 1.29 is 58.2 Å². The second-order valence-electron chi connectivity index (χ2n) is 7.87. The van der Waals surface area contributed by atoms with Crippen molar-refractivity contribution in [2.24, 2.45) is 23.7 Å². The van der Waals surface area contributed by atoms with E-state index in [1.165, 1.54) is 13.8 Å². The zero-order valence-corrected chi connectivity index (χ0v) is 19.1. The van der Waals surface area contributed by atoms with Crippen LogP contribution in [0.1, 0.15) is 26.7 Å². The first-order valence-electron chi connectivity index (χ1n) is 10.4. The van der Waals surface area contributed by atoms with Crippen LogP contribution in [0, 0.1) is 23.7 Å². The van der Waals surface area contributed by atoms with E-state index in [9.17, 15) is 39.3 Å². The molecule has 0 aliphatic heterocycles. The highest BCUT2D eigenvalue weighted by molar-refractivity contribution is 5.87. The quantitative estimate of drug-likeness (QED) is 0.110. The van der Waals surface area contributed by atoms with Crippen LogP contribution in [0.4, 0.5) is 0 Å². The van der Waals surface area contributed by atoms with Gasteiger partial charge in [0.15, 0.2) is 6.29 Å². The van der Waals surface area contributed by atoms with Gasteiger partial charge in [-0.05, 0) is 26.7 Å². The van der Waals surface area contributed by atoms with Crippen molar-refractivity contribution in [1.82, 2.24) is 0 Å². The summed E-state index contributed by atoms with van der Waals surface area (Å²) in [7, 11) is 0. The fraction of sp³-hybridized carbons (Fsp3) is 0.591. The van der Waals surface area contributed by atoms with Crippen LogP contribution in [0.3, 0.4) is 0 Å². The first kappa shape index (κ1) is 28.8. The van der Waals surface area contributed by atoms with E-state index >= 15 is 0 Å². The van der Waals surface area contributed by atoms with Gasteiger partial charge in [0.25, 0.3) is 0 Å². The van der Waals surface area contributed by atoms with E-state index in [2.05, 4.69) is 13.2 Å². The van der Waals surface area contributed by atoms with Gasteiger partial charge in [-0.15, -0.1) is 0 Å². The molecule has 34 heavy (non-hydrogen) atoms. The molecule has 1 rings (SSSR count). The predicted octanol–water partition coefficient (Wildman–Crippen LogP) is -0.0347. The molecule has 12 heteroatoms. The summed E-state index contributed by atoms with van der Waals surface area (Å²) in [5.74, 6) is -9.69. The number of aliphatic carboxylic acids is 1. The number of carbonyl (C=O) groups excluding carboxylic acids is 4. The number of carbonyl (C=O) groups is 5. The van der Waals surface area contributed by atoms with Gasteiger partial charge >= 0.3 is 29.8 Å². The molecule has 0 aromatic heterocycles. The number of esters is 4. The molecule has 1 aliphatic rings. The smallest absolute Gasteiger partial charge is 0.333 e. The maximum atomic E-state index is 12.5. The molecule has 1 fully saturated rings. The van der Waals surface area contributed by atoms with Gasteiger partial charge in [-0.2, -0.15) is 0 Å². The van der Waals surface area contributed by atoms with Gasteiger partial charge in [0.2, 0.25) is 0 Å². The van der Waals surface area contributed by atoms with Crippen LogP contribution in [0.2, 0.25) is 0 Å². The molecule has 1 aliphatic carbocycles. The van der Waals surface area contributed by atoms with E-state index in [1.807, 2.05) is 0 Å². The Balaban J connectivity index is 2.77. The maximum absolute atomic E-state index is 12.5. The molecule has 12 nitrogen and oxygen atoms in total. The third-order valence-electron chi connectivity index (χ3n) is 5.16. The van der Waals surface area contributed by atoms with Crippen LogP contribution in [0.5, 0.6) is 0 Å². The van der Waals surface area contributed by atoms with E-state index in [0.717, 1.165) is 0 Å². The van der Waals surface area contributed by atoms with Crippen LogP contribution in [0.15, 0.2) is 24.3 Å². The summed E-state index contributed by atoms with van der Waals surface area (Å²) in [5, 5.41) is 29.1. The van der Waals surface area contributed by atoms with Crippen molar-refractivity contribution in [3.05, 3.63) is 24.3 Å². The number of rotatable bonds is 12. The molecule has 3 N–H and O–H groups in total. The zero-order valence-electron chi connectivity index (χ0n) is 19.1. The molecule has 190 valence electrons. The minimum atomic E-state index is -2.04. The van der Waals surface area contributed by atoms with Crippen LogP contribution >= 0.6 is 0 Å². The molecule has 0 spiro atoms. The van der Waals surface area contributed by atoms with Gasteiger partial charge in [-0.25, -0.2) is 9.59 Å². The highest BCUT2D eigenvalue weighted by Gasteiger charge is 2.49. The standard InChI is InChI=1S/C22H30O12/c1-11(2)19(27)31-5-7-33-21(29)15-9-14(18(25)26)16(10-13(15)17(23)24)22(30)34-8-6-32-20(28)12(3)4/h13-17,23-24H,1,3,5-10H2,2,4H3,(H,25,26). The number of aliphatic hydroxyl groups excluding tert-OH is 1. The molecule has 0 saturated heterocycles. The lowest BCUT2D eigenvalue weighted by molar-refractivity contribution is -0.181. The monoisotopic (exact) mass is 486 g/mol. The van der Waals surface area contributed by atoms with E-state index < -0.39 is 66.2 Å². The first-order chi connectivity index (χ1) is 15.9. The van der Waals surface area contributed by atoms with Gasteiger partial charge < -0.3 is 34.3 Å². The Bertz CT molecular complexity index is 815. The Morgan fingerprint density at radius 2 is 1.15 bits per heavy atom. The Kier molecular flexibility index (Phi) is 11.4. The lowest BCUT2D eigenvalue weighted by Crippen LogP contribution is -2.47. The molecule has 0 aromatic rings. The van der Waals surface area contributed by atoms with Crippen molar-refractivity contribution in [1.29, 1.82) is 0 Å². The second-order valence-corrected chi connectivity index (χ2v) is 7.87. The number of carboxylic acid groups (broad SMARTS) is 1. The fourth-order valence-corrected chi connectivity index (χ4v) is 3.38. The van der Waals surface area contributed by atoms with E-state index in [4.69, 9.17) is 18.9 Å². The number of carboxylic acids is 1. The minimum Gasteiger partial charge on any atom is -0.481 e. The van der Waals surface area contributed by atoms with E-state index in [-0.39, 0.29) is 44.0 Å². The minimum absolute atomic E-state index is 0.149. The van der Waals surface area contributed by atoms with E-state index in [0.29, 0.717) is 0 Å². The first-order valence-corrected chi connectivity index (χ1v) is 10.4. The molecule has 4 unspecified atom stereocenters. The topological polar surface area (TPSA) is 183 Å². The normalized spacial score (nSPS) is 21.8. The summed E-state index contributed by atoms with van der Waals surface area (Å²) in [5.41, 5.74) is 0.300. The molecule has 0 bridgehead atoms. The SMILES string of the molecule is C=C(C)C(=O)OCCOC(=O)C1CC(C(O)O)C(C(=O)OCCOC(=O)C(=C)C)CC1C(=O)O. The molecule has 4 atom stereocenters. The Labute approximate surface area is 196 Å². The fourth-order valence-electron chi connectivity index (χ4n) is 3.38. The molecule has 0 radical (unpaired) electrons. The zero-order chi connectivity index (χ0) is 26.0. The number of hydrogen-bond donors (Lipinski definition) is 3. The van der Waals surface area contributed by atoms with Crippen LogP contribution < -0.4 is 0 Å². The Hall–Kier alpha value is -3.25. The van der Waals surface area contributed by atoms with Crippen LogP contribution in [-0.4, -0.2) is 77.9 Å². The van der Waals surface area contributed by atoms with Crippen molar-refractivity contribution >= 4 is 29.8 Å². The third kappa shape index (κ3) is 8.60. The average molecular weight is 486 g/mol. The molecular weight excluding hydrogens is 456 g/mol. The van der Waals surface area contributed by atoms with Gasteiger partial charge in [-0.1, -0.05) is 13.2 Å². The Morgan fingerprint density at radius 1 is 0.735 bits per heavy atom. The average Bonchev–Trinajstić information content (AvgIpc) is 2.77. The third-order valence-corrected chi connectivity index (χ3v) is 5.16. The van der Waals surface area contributed by atoms with Crippen molar-refractivity contribution in [3.63, 3.8) is 0 Å². The highest BCUT2D eigenvalue weighted by atomic mass is 16.6. The summed E-state index contributed by atoms with van der Waals surface area (Å²) >= 11 is 0. The number of aliphatic hydroxyl groups is 2. The molecule has 1 saturated carbocycles. The largest absolute Gasteiger partial charge is 0.481 e. The summed E-state index contributed by atoms with van der Waals surface area (Å²) in [6, 6.07) is 0. The van der Waals surface area contributed by atoms with Gasteiger partial charge in [0.1, 0.15) is 26.4 Å². The van der Waals surface area contributed by atoms with Crippen LogP contribution in [0.25, 0.3) is 0 Å². The molecular formula is C22H30O12. The summed E-state index contributed by atoms with van der Waals surface area (Å²) in [4.78, 5) is 59.4. The molecule has 0 aromatic carbocycles. The summed E-state index contributed by atoms with van der Waals surface area (Å²) in [6.07, 6.45) is -2.82. The number of hydrogen-bond acceptors (Lipinski definition) is 11. The van der Waals surface area contributed by atoms with Crippen LogP contribution in [-0.2, 0) is 42.9 Å². The highest BCUT2D eigenvalue weighted by Crippen LogP contribution is 2.41. The van der Waals surface area contributed by atoms with E-state index in [1.54, 1.807) is 0 Å². The molecule has 0 amide bonds. The van der Waals surface area contributed by atoms with Gasteiger partial charge in [-0.3, -0.25) is 14.4 Å². The van der Waals surface area contributed by atoms with Gasteiger partial charge in [0, 0.05) is 17.1 Å².